The summed E-state index contributed by atoms with van der Waals surface area (Å²) in [5.74, 6) is 1.16. The minimum Gasteiger partial charge on any atom is -0.338 e. The minimum atomic E-state index is 0.496. The zero-order valence-corrected chi connectivity index (χ0v) is 10.2. The number of aromatic nitrogens is 2. The van der Waals surface area contributed by atoms with Crippen LogP contribution in [-0.2, 0) is 6.54 Å². The van der Waals surface area contributed by atoms with E-state index in [-0.39, 0.29) is 0 Å². The summed E-state index contributed by atoms with van der Waals surface area (Å²) in [6, 6.07) is 11.8. The van der Waals surface area contributed by atoms with E-state index in [4.69, 9.17) is 9.78 Å². The van der Waals surface area contributed by atoms with Crippen LogP contribution in [0.15, 0.2) is 34.9 Å². The highest BCUT2D eigenvalue weighted by Gasteiger charge is 2.09. The van der Waals surface area contributed by atoms with Gasteiger partial charge >= 0.3 is 0 Å². The van der Waals surface area contributed by atoms with Gasteiger partial charge in [0.25, 0.3) is 0 Å². The number of hydrogen-bond donors (Lipinski definition) is 0. The standard InChI is InChI=1S/C13H14N4O/c1-17(9-5-8-14)10-12-15-13(16-18-12)11-6-3-2-4-7-11/h2-4,6-7H,5,9-10H2,1H3. The summed E-state index contributed by atoms with van der Waals surface area (Å²) in [6.07, 6.45) is 0.496. The maximum Gasteiger partial charge on any atom is 0.241 e. The Morgan fingerprint density at radius 3 is 2.83 bits per heavy atom. The van der Waals surface area contributed by atoms with Crippen LogP contribution >= 0.6 is 0 Å². The van der Waals surface area contributed by atoms with Gasteiger partial charge in [0, 0.05) is 18.5 Å². The van der Waals surface area contributed by atoms with Crippen molar-refractivity contribution in [3.05, 3.63) is 36.2 Å². The quantitative estimate of drug-likeness (QED) is 0.803. The monoisotopic (exact) mass is 242 g/mol. The minimum absolute atomic E-state index is 0.496. The molecule has 0 atom stereocenters. The fourth-order valence-corrected chi connectivity index (χ4v) is 1.57. The van der Waals surface area contributed by atoms with Crippen LogP contribution in [0.2, 0.25) is 0 Å². The van der Waals surface area contributed by atoms with Crippen molar-refractivity contribution in [3.8, 4) is 17.5 Å². The molecule has 0 amide bonds. The molecule has 2 aromatic rings. The second-order valence-electron chi connectivity index (χ2n) is 4.02. The van der Waals surface area contributed by atoms with Crippen molar-refractivity contribution in [1.82, 2.24) is 15.0 Å². The molecular weight excluding hydrogens is 228 g/mol. The molecule has 0 aliphatic rings. The Kier molecular flexibility index (Phi) is 4.05. The van der Waals surface area contributed by atoms with E-state index in [9.17, 15) is 0 Å². The van der Waals surface area contributed by atoms with Gasteiger partial charge in [-0.1, -0.05) is 35.5 Å². The average Bonchev–Trinajstić information content (AvgIpc) is 2.86. The molecule has 0 aliphatic carbocycles. The van der Waals surface area contributed by atoms with Gasteiger partial charge in [-0.2, -0.15) is 10.2 Å². The Balaban J connectivity index is 2.01. The Labute approximate surface area is 106 Å². The van der Waals surface area contributed by atoms with E-state index in [1.807, 2.05) is 42.3 Å². The van der Waals surface area contributed by atoms with Crippen LogP contribution < -0.4 is 0 Å². The molecule has 1 heterocycles. The third-order valence-electron chi connectivity index (χ3n) is 2.51. The third kappa shape index (κ3) is 3.15. The predicted octanol–water partition coefficient (Wildman–Crippen LogP) is 2.08. The first-order valence-corrected chi connectivity index (χ1v) is 5.73. The Morgan fingerprint density at radius 1 is 1.33 bits per heavy atom. The molecule has 0 saturated carbocycles. The predicted molar refractivity (Wildman–Crippen MR) is 66.3 cm³/mol. The first-order valence-electron chi connectivity index (χ1n) is 5.73. The topological polar surface area (TPSA) is 66.0 Å². The molecule has 18 heavy (non-hydrogen) atoms. The van der Waals surface area contributed by atoms with Gasteiger partial charge in [-0.3, -0.25) is 4.90 Å². The lowest BCUT2D eigenvalue weighted by molar-refractivity contribution is 0.271. The van der Waals surface area contributed by atoms with Gasteiger partial charge in [0.1, 0.15) is 0 Å². The largest absolute Gasteiger partial charge is 0.338 e. The van der Waals surface area contributed by atoms with Crippen LogP contribution in [0.5, 0.6) is 0 Å². The van der Waals surface area contributed by atoms with E-state index in [0.29, 0.717) is 31.2 Å². The summed E-state index contributed by atoms with van der Waals surface area (Å²) in [4.78, 5) is 6.30. The molecule has 0 bridgehead atoms. The van der Waals surface area contributed by atoms with E-state index in [1.54, 1.807) is 0 Å². The average molecular weight is 242 g/mol. The van der Waals surface area contributed by atoms with Crippen LogP contribution in [0, 0.1) is 11.3 Å². The van der Waals surface area contributed by atoms with Gasteiger partial charge in [-0.05, 0) is 7.05 Å². The first kappa shape index (κ1) is 12.3. The van der Waals surface area contributed by atoms with Crippen LogP contribution in [-0.4, -0.2) is 28.6 Å². The molecule has 2 rings (SSSR count). The lowest BCUT2D eigenvalue weighted by Crippen LogP contribution is -2.18. The number of hydrogen-bond acceptors (Lipinski definition) is 5. The summed E-state index contributed by atoms with van der Waals surface area (Å²) < 4.78 is 5.18. The Morgan fingerprint density at radius 2 is 2.11 bits per heavy atom. The van der Waals surface area contributed by atoms with Crippen molar-refractivity contribution in [2.24, 2.45) is 0 Å². The summed E-state index contributed by atoms with van der Waals surface area (Å²) in [6.45, 7) is 1.25. The molecular formula is C13H14N4O. The zero-order valence-electron chi connectivity index (χ0n) is 10.2. The fourth-order valence-electron chi connectivity index (χ4n) is 1.57. The van der Waals surface area contributed by atoms with Gasteiger partial charge in [-0.15, -0.1) is 0 Å². The summed E-state index contributed by atoms with van der Waals surface area (Å²) in [5, 5.41) is 12.4. The molecule has 0 unspecified atom stereocenters. The van der Waals surface area contributed by atoms with Crippen molar-refractivity contribution in [2.45, 2.75) is 13.0 Å². The number of rotatable bonds is 5. The van der Waals surface area contributed by atoms with E-state index >= 15 is 0 Å². The maximum absolute atomic E-state index is 8.51. The highest BCUT2D eigenvalue weighted by molar-refractivity contribution is 5.53. The van der Waals surface area contributed by atoms with E-state index in [2.05, 4.69) is 16.2 Å². The third-order valence-corrected chi connectivity index (χ3v) is 2.51. The number of nitrogens with zero attached hydrogens (tertiary/aromatic N) is 4. The Hall–Kier alpha value is -2.19. The van der Waals surface area contributed by atoms with E-state index in [1.165, 1.54) is 0 Å². The summed E-state index contributed by atoms with van der Waals surface area (Å²) >= 11 is 0. The Bertz CT molecular complexity index is 529. The summed E-state index contributed by atoms with van der Waals surface area (Å²) in [7, 11) is 1.92. The van der Waals surface area contributed by atoms with Crippen molar-refractivity contribution in [1.29, 1.82) is 5.26 Å². The number of benzene rings is 1. The van der Waals surface area contributed by atoms with Crippen LogP contribution in [0.3, 0.4) is 0 Å². The fraction of sp³-hybridized carbons (Fsp3) is 0.308. The molecule has 0 saturated heterocycles. The SMILES string of the molecule is CN(CCC#N)Cc1nc(-c2ccccc2)no1. The first-order chi connectivity index (χ1) is 8.79. The zero-order chi connectivity index (χ0) is 12.8. The molecule has 92 valence electrons. The van der Waals surface area contributed by atoms with Crippen LogP contribution in [0.25, 0.3) is 11.4 Å². The van der Waals surface area contributed by atoms with Crippen molar-refractivity contribution in [2.75, 3.05) is 13.6 Å². The second kappa shape index (κ2) is 5.94. The van der Waals surface area contributed by atoms with Gasteiger partial charge in [0.15, 0.2) is 0 Å². The molecule has 1 aromatic heterocycles. The molecule has 1 aromatic carbocycles. The van der Waals surface area contributed by atoms with Crippen LogP contribution in [0.4, 0.5) is 0 Å². The lowest BCUT2D eigenvalue weighted by atomic mass is 10.2. The molecule has 0 radical (unpaired) electrons. The molecule has 0 aliphatic heterocycles. The van der Waals surface area contributed by atoms with Gasteiger partial charge in [0.05, 0.1) is 12.6 Å². The highest BCUT2D eigenvalue weighted by atomic mass is 16.5. The lowest BCUT2D eigenvalue weighted by Gasteiger charge is -2.10. The van der Waals surface area contributed by atoms with Gasteiger partial charge < -0.3 is 4.52 Å². The van der Waals surface area contributed by atoms with Crippen LogP contribution in [0.1, 0.15) is 12.3 Å². The smallest absolute Gasteiger partial charge is 0.241 e. The summed E-state index contributed by atoms with van der Waals surface area (Å²) in [5.41, 5.74) is 0.937. The second-order valence-corrected chi connectivity index (χ2v) is 4.02. The molecule has 5 heteroatoms. The normalized spacial score (nSPS) is 10.5. The van der Waals surface area contributed by atoms with Crippen molar-refractivity contribution >= 4 is 0 Å². The van der Waals surface area contributed by atoms with Gasteiger partial charge in [-0.25, -0.2) is 0 Å². The molecule has 0 N–H and O–H groups in total. The maximum atomic E-state index is 8.51. The molecule has 0 fully saturated rings. The molecule has 0 spiro atoms. The van der Waals surface area contributed by atoms with E-state index < -0.39 is 0 Å². The molecule has 5 nitrogen and oxygen atoms in total. The van der Waals surface area contributed by atoms with Crippen molar-refractivity contribution in [3.63, 3.8) is 0 Å². The number of nitriles is 1. The highest BCUT2D eigenvalue weighted by Crippen LogP contribution is 2.15. The van der Waals surface area contributed by atoms with E-state index in [0.717, 1.165) is 5.56 Å². The van der Waals surface area contributed by atoms with Gasteiger partial charge in [0.2, 0.25) is 11.7 Å². The van der Waals surface area contributed by atoms with Crippen molar-refractivity contribution < 1.29 is 4.52 Å².